The van der Waals surface area contributed by atoms with Crippen molar-refractivity contribution in [3.8, 4) is 0 Å². The molecule has 0 rings (SSSR count). The van der Waals surface area contributed by atoms with Gasteiger partial charge in [-0.1, -0.05) is 0 Å². The standard InChI is InChI=1S/C7H14O4/c1-3-11-6(9)4-7(2,10)5-8/h8,10H,3-5H2,1-2H3. The van der Waals surface area contributed by atoms with Crippen molar-refractivity contribution < 1.29 is 19.7 Å². The Morgan fingerprint density at radius 3 is 2.55 bits per heavy atom. The smallest absolute Gasteiger partial charge is 0.308 e. The zero-order valence-corrected chi connectivity index (χ0v) is 6.83. The second kappa shape index (κ2) is 4.31. The van der Waals surface area contributed by atoms with Crippen LogP contribution in [0.5, 0.6) is 0 Å². The Labute approximate surface area is 65.8 Å². The molecular formula is C7H14O4. The number of aliphatic hydroxyl groups is 2. The highest BCUT2D eigenvalue weighted by molar-refractivity contribution is 5.70. The lowest BCUT2D eigenvalue weighted by atomic mass is 10.0. The Hall–Kier alpha value is -0.610. The van der Waals surface area contributed by atoms with E-state index in [4.69, 9.17) is 10.2 Å². The van der Waals surface area contributed by atoms with E-state index in [1.54, 1.807) is 6.92 Å². The lowest BCUT2D eigenvalue weighted by molar-refractivity contribution is -0.149. The van der Waals surface area contributed by atoms with Crippen LogP contribution in [0.1, 0.15) is 20.3 Å². The summed E-state index contributed by atoms with van der Waals surface area (Å²) in [4.78, 5) is 10.7. The van der Waals surface area contributed by atoms with E-state index in [1.165, 1.54) is 6.92 Å². The molecule has 4 nitrogen and oxygen atoms in total. The third kappa shape index (κ3) is 4.75. The summed E-state index contributed by atoms with van der Waals surface area (Å²) in [6, 6.07) is 0. The van der Waals surface area contributed by atoms with Crippen molar-refractivity contribution in [2.75, 3.05) is 13.2 Å². The predicted molar refractivity (Wildman–Crippen MR) is 39.0 cm³/mol. The molecule has 0 radical (unpaired) electrons. The van der Waals surface area contributed by atoms with Crippen molar-refractivity contribution in [3.05, 3.63) is 0 Å². The molecule has 0 aliphatic rings. The second-order valence-electron chi connectivity index (χ2n) is 2.64. The average molecular weight is 162 g/mol. The molecule has 0 heterocycles. The topological polar surface area (TPSA) is 66.8 Å². The molecule has 0 spiro atoms. The Balaban J connectivity index is 3.74. The minimum absolute atomic E-state index is 0.169. The van der Waals surface area contributed by atoms with Crippen LogP contribution in [0.15, 0.2) is 0 Å². The Bertz CT molecular complexity index is 130. The molecule has 1 atom stereocenters. The van der Waals surface area contributed by atoms with Crippen LogP contribution in [0.4, 0.5) is 0 Å². The minimum Gasteiger partial charge on any atom is -0.466 e. The van der Waals surface area contributed by atoms with Crippen molar-refractivity contribution in [3.63, 3.8) is 0 Å². The van der Waals surface area contributed by atoms with Crippen LogP contribution in [-0.4, -0.2) is 35.0 Å². The number of hydrogen-bond acceptors (Lipinski definition) is 4. The van der Waals surface area contributed by atoms with E-state index in [0.717, 1.165) is 0 Å². The first-order valence-corrected chi connectivity index (χ1v) is 3.50. The lowest BCUT2D eigenvalue weighted by Crippen LogP contribution is -2.32. The fraction of sp³-hybridized carbons (Fsp3) is 0.857. The summed E-state index contributed by atoms with van der Waals surface area (Å²) in [6.07, 6.45) is -0.169. The summed E-state index contributed by atoms with van der Waals surface area (Å²) in [5.41, 5.74) is -1.35. The second-order valence-corrected chi connectivity index (χ2v) is 2.64. The maximum Gasteiger partial charge on any atom is 0.308 e. The van der Waals surface area contributed by atoms with Gasteiger partial charge in [-0.05, 0) is 13.8 Å². The van der Waals surface area contributed by atoms with Gasteiger partial charge < -0.3 is 14.9 Å². The Kier molecular flexibility index (Phi) is 4.07. The first-order chi connectivity index (χ1) is 5.02. The molecule has 0 fully saturated rings. The molecule has 0 aromatic carbocycles. The number of carbonyl (C=O) groups excluding carboxylic acids is 1. The monoisotopic (exact) mass is 162 g/mol. The van der Waals surface area contributed by atoms with Crippen LogP contribution in [-0.2, 0) is 9.53 Å². The van der Waals surface area contributed by atoms with Crippen LogP contribution in [0.2, 0.25) is 0 Å². The van der Waals surface area contributed by atoms with E-state index in [0.29, 0.717) is 6.61 Å². The van der Waals surface area contributed by atoms with Gasteiger partial charge in [0.05, 0.1) is 25.2 Å². The van der Waals surface area contributed by atoms with Gasteiger partial charge in [-0.3, -0.25) is 4.79 Å². The molecule has 1 unspecified atom stereocenters. The quantitative estimate of drug-likeness (QED) is 0.556. The Morgan fingerprint density at radius 2 is 2.18 bits per heavy atom. The molecule has 2 N–H and O–H groups in total. The van der Waals surface area contributed by atoms with Gasteiger partial charge in [-0.15, -0.1) is 0 Å². The largest absolute Gasteiger partial charge is 0.466 e. The molecule has 0 amide bonds. The summed E-state index contributed by atoms with van der Waals surface area (Å²) in [5.74, 6) is -0.494. The number of carbonyl (C=O) groups is 1. The highest BCUT2D eigenvalue weighted by Crippen LogP contribution is 2.08. The van der Waals surface area contributed by atoms with E-state index >= 15 is 0 Å². The summed E-state index contributed by atoms with van der Waals surface area (Å²) < 4.78 is 4.57. The zero-order valence-electron chi connectivity index (χ0n) is 6.83. The normalized spacial score (nSPS) is 15.6. The zero-order chi connectivity index (χ0) is 8.91. The van der Waals surface area contributed by atoms with Gasteiger partial charge in [-0.25, -0.2) is 0 Å². The van der Waals surface area contributed by atoms with E-state index in [2.05, 4.69) is 4.74 Å². The van der Waals surface area contributed by atoms with Crippen molar-refractivity contribution in [1.29, 1.82) is 0 Å². The van der Waals surface area contributed by atoms with E-state index in [9.17, 15) is 4.79 Å². The number of hydrogen-bond donors (Lipinski definition) is 2. The highest BCUT2D eigenvalue weighted by atomic mass is 16.5. The molecule has 0 saturated carbocycles. The molecule has 0 aliphatic carbocycles. The van der Waals surface area contributed by atoms with Gasteiger partial charge in [0.1, 0.15) is 0 Å². The molecular weight excluding hydrogens is 148 g/mol. The summed E-state index contributed by atoms with van der Waals surface area (Å²) in [5, 5.41) is 17.7. The number of ether oxygens (including phenoxy) is 1. The van der Waals surface area contributed by atoms with Crippen LogP contribution >= 0.6 is 0 Å². The number of aliphatic hydroxyl groups excluding tert-OH is 1. The van der Waals surface area contributed by atoms with Crippen LogP contribution in [0.3, 0.4) is 0 Å². The highest BCUT2D eigenvalue weighted by Gasteiger charge is 2.23. The van der Waals surface area contributed by atoms with Crippen molar-refractivity contribution in [2.45, 2.75) is 25.9 Å². The number of rotatable bonds is 4. The molecule has 11 heavy (non-hydrogen) atoms. The van der Waals surface area contributed by atoms with E-state index < -0.39 is 18.2 Å². The van der Waals surface area contributed by atoms with Crippen LogP contribution < -0.4 is 0 Å². The molecule has 0 aromatic rings. The summed E-state index contributed by atoms with van der Waals surface area (Å²) in [7, 11) is 0. The van der Waals surface area contributed by atoms with Gasteiger partial charge in [0, 0.05) is 0 Å². The fourth-order valence-electron chi connectivity index (χ4n) is 0.579. The van der Waals surface area contributed by atoms with Crippen LogP contribution in [0.25, 0.3) is 0 Å². The van der Waals surface area contributed by atoms with E-state index in [-0.39, 0.29) is 6.42 Å². The van der Waals surface area contributed by atoms with Gasteiger partial charge in [-0.2, -0.15) is 0 Å². The minimum atomic E-state index is -1.35. The third-order valence-electron chi connectivity index (χ3n) is 1.17. The summed E-state index contributed by atoms with van der Waals surface area (Å²) in [6.45, 7) is 2.92. The maximum absolute atomic E-state index is 10.7. The molecule has 4 heteroatoms. The first-order valence-electron chi connectivity index (χ1n) is 3.50. The predicted octanol–water partition coefficient (Wildman–Crippen LogP) is -0.317. The van der Waals surface area contributed by atoms with Gasteiger partial charge in [0.15, 0.2) is 0 Å². The van der Waals surface area contributed by atoms with Gasteiger partial charge >= 0.3 is 5.97 Å². The van der Waals surface area contributed by atoms with E-state index in [1.807, 2.05) is 0 Å². The molecule has 0 aliphatic heterocycles. The first kappa shape index (κ1) is 10.4. The fourth-order valence-corrected chi connectivity index (χ4v) is 0.579. The number of esters is 1. The average Bonchev–Trinajstić information content (AvgIpc) is 1.87. The van der Waals surface area contributed by atoms with Gasteiger partial charge in [0.25, 0.3) is 0 Å². The maximum atomic E-state index is 10.7. The third-order valence-corrected chi connectivity index (χ3v) is 1.17. The van der Waals surface area contributed by atoms with Crippen molar-refractivity contribution >= 4 is 5.97 Å². The lowest BCUT2D eigenvalue weighted by Gasteiger charge is -2.18. The van der Waals surface area contributed by atoms with Crippen LogP contribution in [0, 0.1) is 0 Å². The SMILES string of the molecule is CCOC(=O)CC(C)(O)CO. The molecule has 0 aromatic heterocycles. The van der Waals surface area contributed by atoms with Gasteiger partial charge in [0.2, 0.25) is 0 Å². The molecule has 0 bridgehead atoms. The molecule has 66 valence electrons. The summed E-state index contributed by atoms with van der Waals surface area (Å²) >= 11 is 0. The van der Waals surface area contributed by atoms with Crippen molar-refractivity contribution in [2.24, 2.45) is 0 Å². The molecule has 0 saturated heterocycles. The Morgan fingerprint density at radius 1 is 1.64 bits per heavy atom. The van der Waals surface area contributed by atoms with Crippen molar-refractivity contribution in [1.82, 2.24) is 0 Å².